The van der Waals surface area contributed by atoms with Gasteiger partial charge < -0.3 is 15.8 Å². The second kappa shape index (κ2) is 8.13. The van der Waals surface area contributed by atoms with E-state index in [9.17, 15) is 0 Å². The van der Waals surface area contributed by atoms with E-state index in [-0.39, 0.29) is 0 Å². The fourth-order valence-corrected chi connectivity index (χ4v) is 1.38. The van der Waals surface area contributed by atoms with Gasteiger partial charge in [-0.05, 0) is 43.6 Å². The Labute approximate surface area is 98.0 Å². The molecule has 0 saturated heterocycles. The van der Waals surface area contributed by atoms with E-state index in [1.54, 1.807) is 0 Å². The number of nitrogens with one attached hydrogen (secondary N) is 1. The van der Waals surface area contributed by atoms with Gasteiger partial charge in [0.1, 0.15) is 5.75 Å². The van der Waals surface area contributed by atoms with E-state index in [4.69, 9.17) is 10.5 Å². The Morgan fingerprint density at radius 2 is 2.00 bits per heavy atom. The van der Waals surface area contributed by atoms with Crippen molar-refractivity contribution in [1.29, 1.82) is 0 Å². The highest BCUT2D eigenvalue weighted by Crippen LogP contribution is 2.12. The molecule has 1 aromatic rings. The van der Waals surface area contributed by atoms with E-state index >= 15 is 0 Å². The monoisotopic (exact) mass is 222 g/mol. The molecule has 0 atom stereocenters. The summed E-state index contributed by atoms with van der Waals surface area (Å²) in [5.74, 6) is 0.951. The molecule has 0 heterocycles. The fraction of sp³-hybridized carbons (Fsp3) is 0.538. The smallest absolute Gasteiger partial charge is 0.119 e. The van der Waals surface area contributed by atoms with Gasteiger partial charge in [0.15, 0.2) is 0 Å². The Hall–Kier alpha value is -1.06. The van der Waals surface area contributed by atoms with Crippen molar-refractivity contribution < 1.29 is 4.74 Å². The molecule has 0 aliphatic heterocycles. The largest absolute Gasteiger partial charge is 0.494 e. The molecular weight excluding hydrogens is 200 g/mol. The molecule has 0 aliphatic rings. The van der Waals surface area contributed by atoms with E-state index in [1.165, 1.54) is 5.56 Å². The molecule has 1 aromatic carbocycles. The minimum atomic E-state index is 0.747. The van der Waals surface area contributed by atoms with Gasteiger partial charge in [0.2, 0.25) is 0 Å². The number of hydrogen-bond acceptors (Lipinski definition) is 3. The summed E-state index contributed by atoms with van der Waals surface area (Å²) in [6, 6.07) is 8.24. The van der Waals surface area contributed by atoms with Crippen LogP contribution in [-0.4, -0.2) is 19.7 Å². The van der Waals surface area contributed by atoms with E-state index in [0.29, 0.717) is 0 Å². The van der Waals surface area contributed by atoms with Crippen molar-refractivity contribution in [2.24, 2.45) is 5.73 Å². The lowest BCUT2D eigenvalue weighted by Crippen LogP contribution is -2.17. The predicted molar refractivity (Wildman–Crippen MR) is 67.6 cm³/mol. The average molecular weight is 222 g/mol. The summed E-state index contributed by atoms with van der Waals surface area (Å²) in [5, 5.41) is 3.34. The van der Waals surface area contributed by atoms with Crippen molar-refractivity contribution >= 4 is 0 Å². The first-order valence-corrected chi connectivity index (χ1v) is 5.99. The minimum Gasteiger partial charge on any atom is -0.494 e. The lowest BCUT2D eigenvalue weighted by atomic mass is 10.2. The topological polar surface area (TPSA) is 47.3 Å². The third-order valence-corrected chi connectivity index (χ3v) is 2.28. The maximum atomic E-state index is 5.52. The standard InChI is InChI=1S/C13H22N2O/c1-2-10-16-13-6-4-12(5-7-13)11-15-9-3-8-14/h4-7,15H,2-3,8-11,14H2,1H3. The van der Waals surface area contributed by atoms with Crippen molar-refractivity contribution in [3.8, 4) is 5.75 Å². The number of hydrogen-bond donors (Lipinski definition) is 2. The lowest BCUT2D eigenvalue weighted by molar-refractivity contribution is 0.317. The highest BCUT2D eigenvalue weighted by atomic mass is 16.5. The molecule has 16 heavy (non-hydrogen) atoms. The Kier molecular flexibility index (Phi) is 6.61. The van der Waals surface area contributed by atoms with Crippen molar-refractivity contribution in [2.45, 2.75) is 26.3 Å². The second-order valence-corrected chi connectivity index (χ2v) is 3.81. The molecule has 0 amide bonds. The van der Waals surface area contributed by atoms with Gasteiger partial charge in [-0.15, -0.1) is 0 Å². The molecule has 3 heteroatoms. The molecule has 3 N–H and O–H groups in total. The van der Waals surface area contributed by atoms with Crippen LogP contribution in [0.3, 0.4) is 0 Å². The Balaban J connectivity index is 2.27. The molecule has 90 valence electrons. The van der Waals surface area contributed by atoms with Gasteiger partial charge in [-0.1, -0.05) is 19.1 Å². The molecule has 3 nitrogen and oxygen atoms in total. The number of nitrogens with two attached hydrogens (primary N) is 1. The van der Waals surface area contributed by atoms with Crippen LogP contribution in [0.1, 0.15) is 25.3 Å². The summed E-state index contributed by atoms with van der Waals surface area (Å²) in [4.78, 5) is 0. The third-order valence-electron chi connectivity index (χ3n) is 2.28. The average Bonchev–Trinajstić information content (AvgIpc) is 2.33. The summed E-state index contributed by atoms with van der Waals surface area (Å²) in [7, 11) is 0. The Morgan fingerprint density at radius 3 is 2.62 bits per heavy atom. The van der Waals surface area contributed by atoms with Crippen LogP contribution in [0.2, 0.25) is 0 Å². The van der Waals surface area contributed by atoms with E-state index < -0.39 is 0 Å². The van der Waals surface area contributed by atoms with Crippen LogP contribution in [0.4, 0.5) is 0 Å². The molecule has 0 aromatic heterocycles. The quantitative estimate of drug-likeness (QED) is 0.661. The van der Waals surface area contributed by atoms with Crippen LogP contribution in [0.5, 0.6) is 5.75 Å². The van der Waals surface area contributed by atoms with E-state index in [2.05, 4.69) is 24.4 Å². The lowest BCUT2D eigenvalue weighted by Gasteiger charge is -2.07. The predicted octanol–water partition coefficient (Wildman–Crippen LogP) is 1.91. The second-order valence-electron chi connectivity index (χ2n) is 3.81. The van der Waals surface area contributed by atoms with Gasteiger partial charge in [-0.2, -0.15) is 0 Å². The highest BCUT2D eigenvalue weighted by Gasteiger charge is 1.95. The molecular formula is C13H22N2O. The van der Waals surface area contributed by atoms with Gasteiger partial charge >= 0.3 is 0 Å². The molecule has 0 saturated carbocycles. The first-order valence-electron chi connectivity index (χ1n) is 5.99. The van der Waals surface area contributed by atoms with Crippen LogP contribution in [0.15, 0.2) is 24.3 Å². The maximum absolute atomic E-state index is 5.52. The van der Waals surface area contributed by atoms with Crippen LogP contribution >= 0.6 is 0 Å². The van der Waals surface area contributed by atoms with Crippen molar-refractivity contribution in [3.63, 3.8) is 0 Å². The van der Waals surface area contributed by atoms with Crippen LogP contribution < -0.4 is 15.8 Å². The summed E-state index contributed by atoms with van der Waals surface area (Å²) in [6.45, 7) is 5.51. The summed E-state index contributed by atoms with van der Waals surface area (Å²) in [5.41, 5.74) is 6.70. The van der Waals surface area contributed by atoms with Crippen molar-refractivity contribution in [3.05, 3.63) is 29.8 Å². The van der Waals surface area contributed by atoms with Gasteiger partial charge in [-0.25, -0.2) is 0 Å². The van der Waals surface area contributed by atoms with Gasteiger partial charge in [-0.3, -0.25) is 0 Å². The number of rotatable bonds is 8. The fourth-order valence-electron chi connectivity index (χ4n) is 1.38. The zero-order chi connectivity index (χ0) is 11.6. The van der Waals surface area contributed by atoms with Gasteiger partial charge in [0.25, 0.3) is 0 Å². The maximum Gasteiger partial charge on any atom is 0.119 e. The van der Waals surface area contributed by atoms with Gasteiger partial charge in [0, 0.05) is 6.54 Å². The van der Waals surface area contributed by atoms with Crippen molar-refractivity contribution in [2.75, 3.05) is 19.7 Å². The summed E-state index contributed by atoms with van der Waals surface area (Å²) >= 11 is 0. The Bertz CT molecular complexity index is 272. The normalized spacial score (nSPS) is 10.4. The molecule has 0 fully saturated rings. The van der Waals surface area contributed by atoms with Crippen LogP contribution in [0, 0.1) is 0 Å². The SMILES string of the molecule is CCCOc1ccc(CNCCCN)cc1. The zero-order valence-corrected chi connectivity index (χ0v) is 10.0. The molecule has 0 bridgehead atoms. The molecule has 0 spiro atoms. The summed E-state index contributed by atoms with van der Waals surface area (Å²) < 4.78 is 5.52. The number of ether oxygens (including phenoxy) is 1. The number of benzene rings is 1. The first kappa shape index (κ1) is 13.0. The van der Waals surface area contributed by atoms with Crippen molar-refractivity contribution in [1.82, 2.24) is 5.32 Å². The molecule has 0 aliphatic carbocycles. The summed E-state index contributed by atoms with van der Waals surface area (Å²) in [6.07, 6.45) is 2.07. The Morgan fingerprint density at radius 1 is 1.25 bits per heavy atom. The first-order chi connectivity index (χ1) is 7.86. The molecule has 0 unspecified atom stereocenters. The minimum absolute atomic E-state index is 0.747. The van der Waals surface area contributed by atoms with Gasteiger partial charge in [0.05, 0.1) is 6.61 Å². The molecule has 0 radical (unpaired) electrons. The van der Waals surface area contributed by atoms with E-state index in [0.717, 1.165) is 44.8 Å². The van der Waals surface area contributed by atoms with Crippen LogP contribution in [0.25, 0.3) is 0 Å². The molecule has 1 rings (SSSR count). The van der Waals surface area contributed by atoms with Crippen LogP contribution in [-0.2, 0) is 6.54 Å². The highest BCUT2D eigenvalue weighted by molar-refractivity contribution is 5.27. The third kappa shape index (κ3) is 5.14. The van der Waals surface area contributed by atoms with E-state index in [1.807, 2.05) is 12.1 Å². The zero-order valence-electron chi connectivity index (χ0n) is 10.0.